The number of aromatic nitrogens is 2. The van der Waals surface area contributed by atoms with Crippen LogP contribution in [0.2, 0.25) is 10.2 Å². The molecule has 2 N–H and O–H groups in total. The van der Waals surface area contributed by atoms with Crippen LogP contribution in [-0.2, 0) is 6.54 Å². The first kappa shape index (κ1) is 26.4. The maximum Gasteiger partial charge on any atom is 0.432 e. The molecule has 0 aliphatic rings. The van der Waals surface area contributed by atoms with E-state index in [-0.39, 0.29) is 29.0 Å². The molecule has 1 unspecified atom stereocenters. The molecule has 37 heavy (non-hydrogen) atoms. The zero-order valence-electron chi connectivity index (χ0n) is 19.3. The van der Waals surface area contributed by atoms with E-state index in [0.29, 0.717) is 35.3 Å². The first-order valence-electron chi connectivity index (χ1n) is 11.2. The number of nitrogens with zero attached hydrogens (tertiary/aromatic N) is 4. The van der Waals surface area contributed by atoms with Crippen molar-refractivity contribution in [2.75, 3.05) is 19.7 Å². The van der Waals surface area contributed by atoms with Gasteiger partial charge in [0.05, 0.1) is 16.5 Å². The number of hydrogen-bond donors (Lipinski definition) is 2. The molecule has 0 aliphatic heterocycles. The minimum Gasteiger partial charge on any atom is -0.492 e. The van der Waals surface area contributed by atoms with Crippen molar-refractivity contribution in [3.63, 3.8) is 0 Å². The largest absolute Gasteiger partial charge is 0.492 e. The van der Waals surface area contributed by atoms with Gasteiger partial charge >= 0.3 is 6.09 Å². The molecule has 0 spiro atoms. The summed E-state index contributed by atoms with van der Waals surface area (Å²) in [7, 11) is 0. The number of aliphatic hydroxyl groups is 1. The van der Waals surface area contributed by atoms with Crippen LogP contribution in [0.5, 0.6) is 5.75 Å². The predicted octanol–water partition coefficient (Wildman–Crippen LogP) is 5.39. The maximum absolute atomic E-state index is 11.4. The third-order valence-electron chi connectivity index (χ3n) is 5.70. The third-order valence-corrected chi connectivity index (χ3v) is 6.30. The molecule has 10 nitrogen and oxygen atoms in total. The summed E-state index contributed by atoms with van der Waals surface area (Å²) in [5.74, 6) is 0.431. The van der Waals surface area contributed by atoms with Gasteiger partial charge in [0.1, 0.15) is 17.4 Å². The number of benzene rings is 3. The SMILES string of the molecule is O=C(O)n1nc(Cl)c2ccc(OCCN(Cc3ccccc3)CC(O)c3ccc(Cl)c([N+](=O)[O-])c3)cc21. The monoisotopic (exact) mass is 544 g/mol. The highest BCUT2D eigenvalue weighted by molar-refractivity contribution is 6.34. The first-order chi connectivity index (χ1) is 17.7. The lowest BCUT2D eigenvalue weighted by atomic mass is 10.1. The minimum absolute atomic E-state index is 0.00186. The van der Waals surface area contributed by atoms with E-state index in [4.69, 9.17) is 27.9 Å². The van der Waals surface area contributed by atoms with E-state index in [1.54, 1.807) is 24.3 Å². The van der Waals surface area contributed by atoms with E-state index in [9.17, 15) is 25.1 Å². The second-order valence-corrected chi connectivity index (χ2v) is 8.98. The van der Waals surface area contributed by atoms with Gasteiger partial charge in [-0.05, 0) is 29.3 Å². The third kappa shape index (κ3) is 6.36. The van der Waals surface area contributed by atoms with E-state index in [2.05, 4.69) is 5.10 Å². The van der Waals surface area contributed by atoms with Crippen molar-refractivity contribution in [2.45, 2.75) is 12.6 Å². The van der Waals surface area contributed by atoms with Gasteiger partial charge in [-0.1, -0.05) is 59.6 Å². The number of fused-ring (bicyclic) bond motifs is 1. The Bertz CT molecular complexity index is 1430. The highest BCUT2D eigenvalue weighted by atomic mass is 35.5. The molecule has 0 fully saturated rings. The second kappa shape index (κ2) is 11.6. The molecule has 0 radical (unpaired) electrons. The average molecular weight is 545 g/mol. The molecule has 1 atom stereocenters. The van der Waals surface area contributed by atoms with Crippen LogP contribution < -0.4 is 4.74 Å². The summed E-state index contributed by atoms with van der Waals surface area (Å²) in [6.45, 7) is 1.30. The quantitative estimate of drug-likeness (QED) is 0.200. The number of nitro benzene ring substituents is 1. The van der Waals surface area contributed by atoms with E-state index >= 15 is 0 Å². The van der Waals surface area contributed by atoms with Crippen LogP contribution in [0.25, 0.3) is 10.9 Å². The summed E-state index contributed by atoms with van der Waals surface area (Å²) in [6, 6.07) is 18.7. The number of carboxylic acid groups (broad SMARTS) is 1. The van der Waals surface area contributed by atoms with Crippen LogP contribution in [0.15, 0.2) is 66.7 Å². The number of nitro groups is 1. The molecule has 1 heterocycles. The lowest BCUT2D eigenvalue weighted by Gasteiger charge is -2.25. The number of carbonyl (C=O) groups is 1. The number of aliphatic hydroxyl groups excluding tert-OH is 1. The molecule has 3 aromatic carbocycles. The van der Waals surface area contributed by atoms with Crippen molar-refractivity contribution in [3.05, 3.63) is 98.1 Å². The van der Waals surface area contributed by atoms with Crippen molar-refractivity contribution in [1.82, 2.24) is 14.7 Å². The second-order valence-electron chi connectivity index (χ2n) is 8.22. The van der Waals surface area contributed by atoms with Gasteiger partial charge in [-0.2, -0.15) is 4.68 Å². The van der Waals surface area contributed by atoms with Crippen LogP contribution in [-0.4, -0.2) is 55.6 Å². The van der Waals surface area contributed by atoms with Crippen molar-refractivity contribution in [3.8, 4) is 5.75 Å². The van der Waals surface area contributed by atoms with Gasteiger partial charge in [-0.15, -0.1) is 5.10 Å². The van der Waals surface area contributed by atoms with Crippen LogP contribution in [0.4, 0.5) is 10.5 Å². The minimum atomic E-state index is -1.26. The van der Waals surface area contributed by atoms with Crippen molar-refractivity contribution in [1.29, 1.82) is 0 Å². The lowest BCUT2D eigenvalue weighted by Crippen LogP contribution is -2.32. The molecule has 0 saturated heterocycles. The van der Waals surface area contributed by atoms with Crippen molar-refractivity contribution >= 4 is 45.9 Å². The molecule has 0 saturated carbocycles. The Kier molecular flexibility index (Phi) is 8.24. The van der Waals surface area contributed by atoms with E-state index < -0.39 is 17.1 Å². The molecule has 4 rings (SSSR count). The van der Waals surface area contributed by atoms with Crippen molar-refractivity contribution < 1.29 is 24.7 Å². The molecule has 0 bridgehead atoms. The molecular weight excluding hydrogens is 523 g/mol. The fraction of sp³-hybridized carbons (Fsp3) is 0.200. The van der Waals surface area contributed by atoms with Gasteiger partial charge in [0.25, 0.3) is 5.69 Å². The Morgan fingerprint density at radius 3 is 2.59 bits per heavy atom. The standard InChI is InChI=1S/C25H22Cl2N4O6/c26-20-9-6-17(12-22(20)31(35)36)23(32)15-29(14-16-4-2-1-3-5-16)10-11-37-18-7-8-19-21(13-18)30(25(33)34)28-24(19)27/h1-9,12-13,23,32H,10-11,14-15H2,(H,33,34). The van der Waals surface area contributed by atoms with Crippen LogP contribution in [0.3, 0.4) is 0 Å². The average Bonchev–Trinajstić information content (AvgIpc) is 3.20. The molecular formula is C25H22Cl2N4O6. The Morgan fingerprint density at radius 2 is 1.89 bits per heavy atom. The zero-order chi connectivity index (χ0) is 26.5. The highest BCUT2D eigenvalue weighted by Gasteiger charge is 2.20. The predicted molar refractivity (Wildman–Crippen MR) is 138 cm³/mol. The van der Waals surface area contributed by atoms with Gasteiger partial charge < -0.3 is 14.9 Å². The van der Waals surface area contributed by atoms with Gasteiger partial charge in [0.15, 0.2) is 5.15 Å². The number of ether oxygens (including phenoxy) is 1. The van der Waals surface area contributed by atoms with Gasteiger partial charge in [0.2, 0.25) is 0 Å². The van der Waals surface area contributed by atoms with Crippen LogP contribution in [0, 0.1) is 10.1 Å². The Morgan fingerprint density at radius 1 is 1.14 bits per heavy atom. The topological polar surface area (TPSA) is 131 Å². The summed E-state index contributed by atoms with van der Waals surface area (Å²) >= 11 is 11.9. The first-order valence-corrected chi connectivity index (χ1v) is 11.9. The Balaban J connectivity index is 1.48. The molecule has 0 amide bonds. The van der Waals surface area contributed by atoms with Gasteiger partial charge in [0, 0.05) is 37.2 Å². The van der Waals surface area contributed by atoms with E-state index in [1.807, 2.05) is 35.2 Å². The van der Waals surface area contributed by atoms with Crippen LogP contribution >= 0.6 is 23.2 Å². The van der Waals surface area contributed by atoms with E-state index in [1.165, 1.54) is 12.1 Å². The Labute approximate surface area is 221 Å². The van der Waals surface area contributed by atoms with E-state index in [0.717, 1.165) is 10.2 Å². The summed E-state index contributed by atoms with van der Waals surface area (Å²) < 4.78 is 6.66. The summed E-state index contributed by atoms with van der Waals surface area (Å²) in [6.07, 6.45) is -2.28. The highest BCUT2D eigenvalue weighted by Crippen LogP contribution is 2.29. The maximum atomic E-state index is 11.4. The molecule has 1 aromatic heterocycles. The lowest BCUT2D eigenvalue weighted by molar-refractivity contribution is -0.384. The molecule has 4 aromatic rings. The molecule has 192 valence electrons. The van der Waals surface area contributed by atoms with Crippen molar-refractivity contribution in [2.24, 2.45) is 0 Å². The summed E-state index contributed by atoms with van der Waals surface area (Å²) in [5, 5.41) is 35.8. The summed E-state index contributed by atoms with van der Waals surface area (Å²) in [4.78, 5) is 24.1. The van der Waals surface area contributed by atoms with Gasteiger partial charge in [-0.25, -0.2) is 4.79 Å². The summed E-state index contributed by atoms with van der Waals surface area (Å²) in [5.41, 5.74) is 1.42. The number of halogens is 2. The molecule has 12 heteroatoms. The normalized spacial score (nSPS) is 12.1. The smallest absolute Gasteiger partial charge is 0.432 e. The van der Waals surface area contributed by atoms with Gasteiger partial charge in [-0.3, -0.25) is 15.0 Å². The number of hydrogen-bond acceptors (Lipinski definition) is 7. The fourth-order valence-corrected chi connectivity index (χ4v) is 4.31. The molecule has 0 aliphatic carbocycles. The zero-order valence-corrected chi connectivity index (χ0v) is 20.8. The number of rotatable bonds is 10. The fourth-order valence-electron chi connectivity index (χ4n) is 3.89. The Hall–Kier alpha value is -3.70. The van der Waals surface area contributed by atoms with Crippen LogP contribution in [0.1, 0.15) is 17.2 Å².